The largest absolute Gasteiger partial charge is 0.295 e. The molecule has 1 heterocycles. The van der Waals surface area contributed by atoms with Crippen LogP contribution in [0.25, 0.3) is 5.69 Å². The number of hydrogen-bond acceptors (Lipinski definition) is 3. The molecular formula is C16H17FN4O2. The van der Waals surface area contributed by atoms with Gasteiger partial charge in [0.15, 0.2) is 0 Å². The minimum Gasteiger partial charge on any atom is -0.295 e. The number of aromatic amines is 1. The van der Waals surface area contributed by atoms with Crippen LogP contribution < -0.4 is 11.0 Å². The van der Waals surface area contributed by atoms with Gasteiger partial charge in [-0.1, -0.05) is 0 Å². The first kappa shape index (κ1) is 15.2. The van der Waals surface area contributed by atoms with Crippen molar-refractivity contribution in [1.82, 2.24) is 15.2 Å². The van der Waals surface area contributed by atoms with E-state index in [0.29, 0.717) is 22.7 Å². The van der Waals surface area contributed by atoms with E-state index in [2.05, 4.69) is 15.6 Å². The number of halogens is 1. The third-order valence-electron chi connectivity index (χ3n) is 3.80. The van der Waals surface area contributed by atoms with Gasteiger partial charge in [0.2, 0.25) is 5.91 Å². The first-order valence-electron chi connectivity index (χ1n) is 7.39. The molecule has 0 bridgehead atoms. The highest BCUT2D eigenvalue weighted by Crippen LogP contribution is 2.28. The van der Waals surface area contributed by atoms with E-state index in [1.165, 1.54) is 28.9 Å². The molecule has 1 aromatic carbocycles. The van der Waals surface area contributed by atoms with E-state index in [1.54, 1.807) is 13.8 Å². The highest BCUT2D eigenvalue weighted by Gasteiger charge is 2.29. The van der Waals surface area contributed by atoms with Crippen LogP contribution in [-0.4, -0.2) is 21.4 Å². The Kier molecular flexibility index (Phi) is 3.85. The van der Waals surface area contributed by atoms with Crippen LogP contribution in [0.4, 0.5) is 4.39 Å². The van der Waals surface area contributed by atoms with Gasteiger partial charge in [-0.05, 0) is 51.0 Å². The SMILES string of the molecule is CC(=NNC(=O)C1CC1)c1c(C)[nH]n(-c2ccc(F)cc2)c1=O. The molecule has 1 aliphatic rings. The van der Waals surface area contributed by atoms with E-state index in [0.717, 1.165) is 12.8 Å². The Morgan fingerprint density at radius 3 is 2.61 bits per heavy atom. The molecule has 120 valence electrons. The average molecular weight is 316 g/mol. The summed E-state index contributed by atoms with van der Waals surface area (Å²) in [5.74, 6) is -0.433. The number of aryl methyl sites for hydroxylation is 1. The molecule has 0 unspecified atom stereocenters. The fourth-order valence-electron chi connectivity index (χ4n) is 2.38. The van der Waals surface area contributed by atoms with Crippen molar-refractivity contribution >= 4 is 11.6 Å². The van der Waals surface area contributed by atoms with E-state index in [1.807, 2.05) is 0 Å². The summed E-state index contributed by atoms with van der Waals surface area (Å²) in [6.45, 7) is 3.41. The monoisotopic (exact) mass is 316 g/mol. The molecule has 2 N–H and O–H groups in total. The minimum atomic E-state index is -0.370. The summed E-state index contributed by atoms with van der Waals surface area (Å²) in [4.78, 5) is 24.2. The van der Waals surface area contributed by atoms with Crippen molar-refractivity contribution in [2.75, 3.05) is 0 Å². The second-order valence-corrected chi connectivity index (χ2v) is 5.68. The van der Waals surface area contributed by atoms with E-state index >= 15 is 0 Å². The number of hydrogen-bond donors (Lipinski definition) is 2. The van der Waals surface area contributed by atoms with Gasteiger partial charge in [0, 0.05) is 11.6 Å². The third kappa shape index (κ3) is 3.08. The van der Waals surface area contributed by atoms with E-state index < -0.39 is 0 Å². The molecule has 0 radical (unpaired) electrons. The number of carbonyl (C=O) groups is 1. The van der Waals surface area contributed by atoms with Gasteiger partial charge in [-0.3, -0.25) is 14.7 Å². The molecule has 0 spiro atoms. The van der Waals surface area contributed by atoms with Crippen LogP contribution in [0.3, 0.4) is 0 Å². The maximum absolute atomic E-state index is 13.0. The predicted molar refractivity (Wildman–Crippen MR) is 84.2 cm³/mol. The highest BCUT2D eigenvalue weighted by atomic mass is 19.1. The molecule has 1 amide bonds. The molecule has 7 heteroatoms. The van der Waals surface area contributed by atoms with Gasteiger partial charge in [-0.25, -0.2) is 14.5 Å². The molecule has 0 saturated heterocycles. The van der Waals surface area contributed by atoms with Crippen molar-refractivity contribution in [3.05, 3.63) is 51.7 Å². The second kappa shape index (κ2) is 5.83. The van der Waals surface area contributed by atoms with Gasteiger partial charge in [-0.15, -0.1) is 0 Å². The minimum absolute atomic E-state index is 0.0507. The number of carbonyl (C=O) groups excluding carboxylic acids is 1. The number of hydrazone groups is 1. The van der Waals surface area contributed by atoms with Crippen molar-refractivity contribution in [2.45, 2.75) is 26.7 Å². The maximum Gasteiger partial charge on any atom is 0.280 e. The fraction of sp³-hybridized carbons (Fsp3) is 0.312. The van der Waals surface area contributed by atoms with E-state index in [-0.39, 0.29) is 23.2 Å². The van der Waals surface area contributed by atoms with Gasteiger partial charge in [-0.2, -0.15) is 5.10 Å². The summed E-state index contributed by atoms with van der Waals surface area (Å²) in [5, 5.41) is 6.96. The Morgan fingerprint density at radius 1 is 1.35 bits per heavy atom. The number of amides is 1. The quantitative estimate of drug-likeness (QED) is 0.667. The van der Waals surface area contributed by atoms with Crippen LogP contribution >= 0.6 is 0 Å². The van der Waals surface area contributed by atoms with Gasteiger partial charge < -0.3 is 0 Å². The number of benzene rings is 1. The lowest BCUT2D eigenvalue weighted by Crippen LogP contribution is -2.24. The molecule has 6 nitrogen and oxygen atoms in total. The van der Waals surface area contributed by atoms with Crippen LogP contribution in [0, 0.1) is 18.7 Å². The lowest BCUT2D eigenvalue weighted by atomic mass is 10.2. The molecule has 1 aliphatic carbocycles. The summed E-state index contributed by atoms with van der Waals surface area (Å²) in [6, 6.07) is 5.60. The topological polar surface area (TPSA) is 79.2 Å². The van der Waals surface area contributed by atoms with Crippen LogP contribution in [0.15, 0.2) is 34.2 Å². The Morgan fingerprint density at radius 2 is 2.00 bits per heavy atom. The number of H-pyrrole nitrogens is 1. The smallest absolute Gasteiger partial charge is 0.280 e. The predicted octanol–water partition coefficient (Wildman–Crippen LogP) is 1.86. The first-order chi connectivity index (χ1) is 11.0. The Balaban J connectivity index is 1.90. The van der Waals surface area contributed by atoms with Crippen molar-refractivity contribution in [3.8, 4) is 5.69 Å². The van der Waals surface area contributed by atoms with Crippen molar-refractivity contribution < 1.29 is 9.18 Å². The Labute approximate surface area is 132 Å². The number of aromatic nitrogens is 2. The summed E-state index contributed by atoms with van der Waals surface area (Å²) < 4.78 is 14.3. The Hall–Kier alpha value is -2.70. The third-order valence-corrected chi connectivity index (χ3v) is 3.80. The van der Waals surface area contributed by atoms with Crippen molar-refractivity contribution in [2.24, 2.45) is 11.0 Å². The lowest BCUT2D eigenvalue weighted by molar-refractivity contribution is -0.122. The van der Waals surface area contributed by atoms with Crippen molar-refractivity contribution in [3.63, 3.8) is 0 Å². The number of nitrogens with zero attached hydrogens (tertiary/aromatic N) is 2. The van der Waals surface area contributed by atoms with Crippen LogP contribution in [-0.2, 0) is 4.79 Å². The molecule has 0 aliphatic heterocycles. The zero-order valence-corrected chi connectivity index (χ0v) is 12.9. The molecule has 1 fully saturated rings. The summed E-state index contributed by atoms with van der Waals surface area (Å²) in [5.41, 5.74) is 4.17. The zero-order chi connectivity index (χ0) is 16.6. The second-order valence-electron chi connectivity index (χ2n) is 5.68. The van der Waals surface area contributed by atoms with Gasteiger partial charge in [0.1, 0.15) is 5.82 Å². The molecule has 1 aromatic heterocycles. The van der Waals surface area contributed by atoms with E-state index in [9.17, 15) is 14.0 Å². The number of nitrogens with one attached hydrogen (secondary N) is 2. The Bertz CT molecular complexity index is 829. The molecule has 2 aromatic rings. The van der Waals surface area contributed by atoms with Gasteiger partial charge in [0.05, 0.1) is 17.0 Å². The lowest BCUT2D eigenvalue weighted by Gasteiger charge is -2.01. The summed E-state index contributed by atoms with van der Waals surface area (Å²) in [6.07, 6.45) is 1.78. The molecule has 1 saturated carbocycles. The normalized spacial score (nSPS) is 14.8. The van der Waals surface area contributed by atoms with Crippen molar-refractivity contribution in [1.29, 1.82) is 0 Å². The van der Waals surface area contributed by atoms with Gasteiger partial charge >= 0.3 is 0 Å². The molecule has 3 rings (SSSR count). The van der Waals surface area contributed by atoms with Crippen LogP contribution in [0.1, 0.15) is 31.0 Å². The van der Waals surface area contributed by atoms with Crippen LogP contribution in [0.5, 0.6) is 0 Å². The summed E-state index contributed by atoms with van der Waals surface area (Å²) in [7, 11) is 0. The fourth-order valence-corrected chi connectivity index (χ4v) is 2.38. The highest BCUT2D eigenvalue weighted by molar-refractivity contribution is 6.00. The molecule has 0 atom stereocenters. The van der Waals surface area contributed by atoms with E-state index in [4.69, 9.17) is 0 Å². The molecule has 23 heavy (non-hydrogen) atoms. The molecular weight excluding hydrogens is 299 g/mol. The standard InChI is InChI=1S/C16H17FN4O2/c1-9(18-19-15(22)11-3-4-11)14-10(2)20-21(16(14)23)13-7-5-12(17)6-8-13/h5-8,11,20H,3-4H2,1-2H3,(H,19,22). The average Bonchev–Trinajstić information content (AvgIpc) is 3.32. The van der Waals surface area contributed by atoms with Crippen LogP contribution in [0.2, 0.25) is 0 Å². The first-order valence-corrected chi connectivity index (χ1v) is 7.39. The zero-order valence-electron chi connectivity index (χ0n) is 12.9. The van der Waals surface area contributed by atoms with Gasteiger partial charge in [0.25, 0.3) is 5.56 Å². The number of rotatable bonds is 4. The maximum atomic E-state index is 13.0. The summed E-state index contributed by atoms with van der Waals surface area (Å²) >= 11 is 0.